The Hall–Kier alpha value is -0.160. The van der Waals surface area contributed by atoms with Crippen molar-refractivity contribution in [3.05, 3.63) is 0 Å². The topological polar surface area (TPSA) is 47.9 Å². The molecule has 4 nitrogen and oxygen atoms in total. The first-order chi connectivity index (χ1) is 6.07. The molecule has 2 unspecified atom stereocenters. The van der Waals surface area contributed by atoms with Gasteiger partial charge in [-0.25, -0.2) is 0 Å². The van der Waals surface area contributed by atoms with E-state index in [4.69, 9.17) is 19.3 Å². The maximum Gasteiger partial charge on any atom is 0.184 e. The van der Waals surface area contributed by atoms with Crippen LogP contribution in [0.15, 0.2) is 0 Å². The Morgan fingerprint density at radius 1 is 1.62 bits per heavy atom. The largest absolute Gasteiger partial charge is 0.394 e. The molecule has 1 rings (SSSR count). The summed E-state index contributed by atoms with van der Waals surface area (Å²) in [7, 11) is 0. The zero-order chi connectivity index (χ0) is 9.90. The van der Waals surface area contributed by atoms with Gasteiger partial charge in [-0.15, -0.1) is 0 Å². The van der Waals surface area contributed by atoms with Gasteiger partial charge in [0.25, 0.3) is 0 Å². The molecule has 0 saturated carbocycles. The lowest BCUT2D eigenvalue weighted by atomic mass is 10.3. The van der Waals surface area contributed by atoms with E-state index in [0.29, 0.717) is 6.61 Å². The van der Waals surface area contributed by atoms with E-state index in [-0.39, 0.29) is 19.0 Å². The summed E-state index contributed by atoms with van der Waals surface area (Å²) in [6, 6.07) is 0. The molecule has 4 heteroatoms. The van der Waals surface area contributed by atoms with Gasteiger partial charge in [-0.05, 0) is 20.3 Å². The Morgan fingerprint density at radius 3 is 2.69 bits per heavy atom. The van der Waals surface area contributed by atoms with Crippen molar-refractivity contribution in [2.75, 3.05) is 13.2 Å². The molecule has 0 aliphatic carbocycles. The van der Waals surface area contributed by atoms with Crippen LogP contribution in [0.3, 0.4) is 0 Å². The highest BCUT2D eigenvalue weighted by atomic mass is 16.8. The van der Waals surface area contributed by atoms with Crippen LogP contribution in [-0.4, -0.2) is 36.5 Å². The lowest BCUT2D eigenvalue weighted by Gasteiger charge is -2.20. The fourth-order valence-electron chi connectivity index (χ4n) is 1.20. The molecule has 0 aromatic carbocycles. The second-order valence-corrected chi connectivity index (χ2v) is 3.61. The van der Waals surface area contributed by atoms with Crippen molar-refractivity contribution in [1.82, 2.24) is 0 Å². The Morgan fingerprint density at radius 2 is 2.31 bits per heavy atom. The first-order valence-corrected chi connectivity index (χ1v) is 4.65. The van der Waals surface area contributed by atoms with Gasteiger partial charge in [-0.3, -0.25) is 0 Å². The first-order valence-electron chi connectivity index (χ1n) is 4.65. The summed E-state index contributed by atoms with van der Waals surface area (Å²) in [6.07, 6.45) is 0.283. The number of hydrogen-bond acceptors (Lipinski definition) is 4. The Labute approximate surface area is 78.8 Å². The van der Waals surface area contributed by atoms with Gasteiger partial charge in [0.2, 0.25) is 0 Å². The summed E-state index contributed by atoms with van der Waals surface area (Å²) in [4.78, 5) is 0. The van der Waals surface area contributed by atoms with Crippen LogP contribution in [0.5, 0.6) is 0 Å². The van der Waals surface area contributed by atoms with Gasteiger partial charge in [-0.1, -0.05) is 6.92 Å². The van der Waals surface area contributed by atoms with Gasteiger partial charge in [-0.2, -0.15) is 0 Å². The number of aliphatic hydroxyl groups excluding tert-OH is 1. The minimum Gasteiger partial charge on any atom is -0.394 e. The average molecular weight is 190 g/mol. The number of aliphatic hydroxyl groups is 1. The van der Waals surface area contributed by atoms with Crippen molar-refractivity contribution in [2.24, 2.45) is 0 Å². The van der Waals surface area contributed by atoms with Crippen LogP contribution in [0, 0.1) is 0 Å². The monoisotopic (exact) mass is 190 g/mol. The molecular formula is C9H18O4. The molecular weight excluding hydrogens is 172 g/mol. The van der Waals surface area contributed by atoms with E-state index in [1.165, 1.54) is 0 Å². The highest BCUT2D eigenvalue weighted by molar-refractivity contribution is 4.66. The lowest BCUT2D eigenvalue weighted by molar-refractivity contribution is -0.208. The van der Waals surface area contributed by atoms with E-state index in [2.05, 4.69) is 0 Å². The highest BCUT2D eigenvalue weighted by Crippen LogP contribution is 2.23. The normalized spacial score (nSPS) is 29.1. The molecule has 0 spiro atoms. The van der Waals surface area contributed by atoms with Gasteiger partial charge in [0.15, 0.2) is 12.1 Å². The van der Waals surface area contributed by atoms with Crippen molar-refractivity contribution in [3.63, 3.8) is 0 Å². The molecule has 0 radical (unpaired) electrons. The van der Waals surface area contributed by atoms with E-state index in [9.17, 15) is 0 Å². The molecule has 1 N–H and O–H groups in total. The third-order valence-corrected chi connectivity index (χ3v) is 1.99. The maximum atomic E-state index is 8.90. The zero-order valence-electron chi connectivity index (χ0n) is 8.45. The van der Waals surface area contributed by atoms with Crippen molar-refractivity contribution in [3.8, 4) is 0 Å². The second-order valence-electron chi connectivity index (χ2n) is 3.61. The van der Waals surface area contributed by atoms with Crippen molar-refractivity contribution in [2.45, 2.75) is 45.4 Å². The fraction of sp³-hybridized carbons (Fsp3) is 1.00. The van der Waals surface area contributed by atoms with Gasteiger partial charge in [0, 0.05) is 0 Å². The van der Waals surface area contributed by atoms with E-state index < -0.39 is 5.79 Å². The predicted octanol–water partition coefficient (Wildman–Crippen LogP) is 0.883. The summed E-state index contributed by atoms with van der Waals surface area (Å²) in [5, 5.41) is 8.90. The standard InChI is InChI=1S/C9H18O4/c1-4-7(5-10)12-8-6-11-9(2,3)13-8/h7-8,10H,4-6H2,1-3H3. The van der Waals surface area contributed by atoms with Gasteiger partial charge in [0.1, 0.15) is 6.61 Å². The SMILES string of the molecule is CCC(CO)OC1COC(C)(C)O1. The van der Waals surface area contributed by atoms with Crippen molar-refractivity contribution >= 4 is 0 Å². The van der Waals surface area contributed by atoms with Crippen molar-refractivity contribution < 1.29 is 19.3 Å². The Balaban J connectivity index is 2.31. The fourth-order valence-corrected chi connectivity index (χ4v) is 1.20. The van der Waals surface area contributed by atoms with Crippen LogP contribution in [0.2, 0.25) is 0 Å². The molecule has 0 amide bonds. The molecule has 1 fully saturated rings. The molecule has 0 bridgehead atoms. The minimum atomic E-state index is -0.557. The Bertz CT molecular complexity index is 154. The molecule has 13 heavy (non-hydrogen) atoms. The third-order valence-electron chi connectivity index (χ3n) is 1.99. The van der Waals surface area contributed by atoms with Crippen LogP contribution < -0.4 is 0 Å². The average Bonchev–Trinajstić information content (AvgIpc) is 2.41. The number of hydrogen-bond donors (Lipinski definition) is 1. The molecule has 0 aromatic heterocycles. The van der Waals surface area contributed by atoms with Crippen LogP contribution in [0.25, 0.3) is 0 Å². The molecule has 0 aromatic rings. The third kappa shape index (κ3) is 3.23. The molecule has 1 aliphatic rings. The summed E-state index contributed by atoms with van der Waals surface area (Å²) in [6.45, 7) is 6.11. The molecule has 78 valence electrons. The molecule has 2 atom stereocenters. The smallest absolute Gasteiger partial charge is 0.184 e. The van der Waals surface area contributed by atoms with Crippen LogP contribution in [0.4, 0.5) is 0 Å². The first kappa shape index (κ1) is 10.9. The van der Waals surface area contributed by atoms with Crippen LogP contribution in [0.1, 0.15) is 27.2 Å². The Kier molecular flexibility index (Phi) is 3.67. The minimum absolute atomic E-state index is 0.0246. The summed E-state index contributed by atoms with van der Waals surface area (Å²) < 4.78 is 16.2. The lowest BCUT2D eigenvalue weighted by Crippen LogP contribution is -2.28. The summed E-state index contributed by atoms with van der Waals surface area (Å²) in [5.74, 6) is -0.557. The second kappa shape index (κ2) is 4.37. The van der Waals surface area contributed by atoms with Gasteiger partial charge in [0.05, 0.1) is 12.7 Å². The van der Waals surface area contributed by atoms with E-state index >= 15 is 0 Å². The summed E-state index contributed by atoms with van der Waals surface area (Å²) in [5.41, 5.74) is 0. The van der Waals surface area contributed by atoms with Gasteiger partial charge < -0.3 is 19.3 Å². The number of rotatable bonds is 4. The predicted molar refractivity (Wildman–Crippen MR) is 47.2 cm³/mol. The molecule has 1 aliphatic heterocycles. The van der Waals surface area contributed by atoms with Crippen LogP contribution >= 0.6 is 0 Å². The summed E-state index contributed by atoms with van der Waals surface area (Å²) >= 11 is 0. The highest BCUT2D eigenvalue weighted by Gasteiger charge is 2.34. The molecule has 1 heterocycles. The quantitative estimate of drug-likeness (QED) is 0.715. The maximum absolute atomic E-state index is 8.90. The molecule has 1 saturated heterocycles. The van der Waals surface area contributed by atoms with E-state index in [1.807, 2.05) is 20.8 Å². The van der Waals surface area contributed by atoms with E-state index in [1.54, 1.807) is 0 Å². The van der Waals surface area contributed by atoms with E-state index in [0.717, 1.165) is 6.42 Å². The van der Waals surface area contributed by atoms with Crippen LogP contribution in [-0.2, 0) is 14.2 Å². The zero-order valence-corrected chi connectivity index (χ0v) is 8.45. The number of ether oxygens (including phenoxy) is 3. The van der Waals surface area contributed by atoms with Gasteiger partial charge >= 0.3 is 0 Å². The van der Waals surface area contributed by atoms with Crippen molar-refractivity contribution in [1.29, 1.82) is 0 Å².